The predicted molar refractivity (Wildman–Crippen MR) is 88.3 cm³/mol. The van der Waals surface area contributed by atoms with Gasteiger partial charge in [0.05, 0.1) is 24.3 Å². The highest BCUT2D eigenvalue weighted by atomic mass is 16.4. The topological polar surface area (TPSA) is 107 Å². The van der Waals surface area contributed by atoms with Gasteiger partial charge >= 0.3 is 5.97 Å². The van der Waals surface area contributed by atoms with E-state index in [0.717, 1.165) is 11.3 Å². The molecule has 0 radical (unpaired) electrons. The molecule has 0 aliphatic carbocycles. The molecule has 0 bridgehead atoms. The number of carboxylic acids is 1. The summed E-state index contributed by atoms with van der Waals surface area (Å²) in [5.74, 6) is -1.25. The Hall–Kier alpha value is -3.22. The zero-order valence-electron chi connectivity index (χ0n) is 12.9. The monoisotopic (exact) mass is 323 g/mol. The molecule has 3 heterocycles. The van der Waals surface area contributed by atoms with Gasteiger partial charge in [-0.25, -0.2) is 9.97 Å². The molecule has 0 spiro atoms. The maximum Gasteiger partial charge on any atom is 0.312 e. The molecule has 3 aromatic rings. The molecule has 7 nitrogen and oxygen atoms in total. The zero-order valence-corrected chi connectivity index (χ0v) is 12.9. The minimum Gasteiger partial charge on any atom is -0.481 e. The molecule has 0 fully saturated rings. The van der Waals surface area contributed by atoms with Crippen LogP contribution in [0.1, 0.15) is 22.9 Å². The second kappa shape index (κ2) is 6.91. The number of aromatic nitrogens is 4. The first-order valence-electron chi connectivity index (χ1n) is 7.46. The van der Waals surface area contributed by atoms with E-state index in [2.05, 4.69) is 15.0 Å². The summed E-state index contributed by atoms with van der Waals surface area (Å²) in [7, 11) is 0. The van der Waals surface area contributed by atoms with E-state index in [-0.39, 0.29) is 0 Å². The quantitative estimate of drug-likeness (QED) is 0.715. The lowest BCUT2D eigenvalue weighted by Crippen LogP contribution is -2.15. The molecule has 7 heteroatoms. The number of hydrogen-bond acceptors (Lipinski definition) is 5. The summed E-state index contributed by atoms with van der Waals surface area (Å²) < 4.78 is 1.83. The normalized spacial score (nSPS) is 12.0. The number of rotatable bonds is 6. The van der Waals surface area contributed by atoms with Crippen LogP contribution in [0.4, 0.5) is 5.82 Å². The highest BCUT2D eigenvalue weighted by Crippen LogP contribution is 2.20. The van der Waals surface area contributed by atoms with Gasteiger partial charge in [0.15, 0.2) is 0 Å². The molecule has 3 N–H and O–H groups in total. The number of nitrogens with zero attached hydrogens (tertiary/aromatic N) is 4. The van der Waals surface area contributed by atoms with E-state index in [9.17, 15) is 9.90 Å². The zero-order chi connectivity index (χ0) is 16.9. The van der Waals surface area contributed by atoms with Gasteiger partial charge in [0.25, 0.3) is 0 Å². The first-order valence-corrected chi connectivity index (χ1v) is 7.46. The van der Waals surface area contributed by atoms with Crippen molar-refractivity contribution >= 4 is 11.8 Å². The van der Waals surface area contributed by atoms with E-state index in [0.29, 0.717) is 24.5 Å². The van der Waals surface area contributed by atoms with Crippen LogP contribution in [0.5, 0.6) is 0 Å². The molecule has 0 amide bonds. The number of carbonyl (C=O) groups is 1. The number of nitrogen functional groups attached to an aromatic ring is 1. The number of imidazole rings is 1. The summed E-state index contributed by atoms with van der Waals surface area (Å²) in [5, 5.41) is 9.53. The van der Waals surface area contributed by atoms with Crippen LogP contribution in [-0.4, -0.2) is 30.6 Å². The van der Waals surface area contributed by atoms with Gasteiger partial charge in [-0.05, 0) is 30.2 Å². The van der Waals surface area contributed by atoms with Gasteiger partial charge in [-0.15, -0.1) is 0 Å². The summed E-state index contributed by atoms with van der Waals surface area (Å²) in [4.78, 5) is 24.1. The molecule has 3 rings (SSSR count). The Bertz CT molecular complexity index is 815. The van der Waals surface area contributed by atoms with E-state index in [4.69, 9.17) is 5.73 Å². The number of pyridine rings is 2. The fraction of sp³-hybridized carbons (Fsp3) is 0.176. The molecular weight excluding hydrogens is 306 g/mol. The number of nitrogens with two attached hydrogens (primary N) is 1. The average molecular weight is 323 g/mol. The summed E-state index contributed by atoms with van der Waals surface area (Å²) >= 11 is 0. The van der Waals surface area contributed by atoms with Crippen LogP contribution in [0.3, 0.4) is 0 Å². The molecule has 0 aliphatic rings. The third-order valence-electron chi connectivity index (χ3n) is 3.67. The molecule has 122 valence electrons. The molecule has 1 atom stereocenters. The van der Waals surface area contributed by atoms with Crippen LogP contribution < -0.4 is 5.73 Å². The van der Waals surface area contributed by atoms with Crippen molar-refractivity contribution in [1.29, 1.82) is 0 Å². The summed E-state index contributed by atoms with van der Waals surface area (Å²) in [6.07, 6.45) is 7.00. The minimum absolute atomic E-state index is 0.309. The van der Waals surface area contributed by atoms with Crippen LogP contribution in [0, 0.1) is 0 Å². The van der Waals surface area contributed by atoms with Crippen molar-refractivity contribution in [2.45, 2.75) is 18.9 Å². The highest BCUT2D eigenvalue weighted by molar-refractivity contribution is 5.75. The van der Waals surface area contributed by atoms with Crippen molar-refractivity contribution in [1.82, 2.24) is 19.5 Å². The van der Waals surface area contributed by atoms with E-state index in [1.54, 1.807) is 37.1 Å². The van der Waals surface area contributed by atoms with Crippen LogP contribution in [0.2, 0.25) is 0 Å². The number of hydrogen-bond donors (Lipinski definition) is 2. The molecule has 0 aromatic carbocycles. The Morgan fingerprint density at radius 1 is 1.21 bits per heavy atom. The third kappa shape index (κ3) is 3.75. The lowest BCUT2D eigenvalue weighted by Gasteiger charge is -2.09. The predicted octanol–water partition coefficient (Wildman–Crippen LogP) is 1.71. The number of anilines is 1. The Labute approximate surface area is 138 Å². The van der Waals surface area contributed by atoms with E-state index in [1.807, 2.05) is 22.8 Å². The average Bonchev–Trinajstić information content (AvgIpc) is 3.03. The largest absolute Gasteiger partial charge is 0.481 e. The fourth-order valence-corrected chi connectivity index (χ4v) is 2.43. The smallest absolute Gasteiger partial charge is 0.312 e. The van der Waals surface area contributed by atoms with Gasteiger partial charge in [0, 0.05) is 18.6 Å². The van der Waals surface area contributed by atoms with Crippen LogP contribution >= 0.6 is 0 Å². The van der Waals surface area contributed by atoms with E-state index >= 15 is 0 Å². The third-order valence-corrected chi connectivity index (χ3v) is 3.67. The fourth-order valence-electron chi connectivity index (χ4n) is 2.43. The van der Waals surface area contributed by atoms with Crippen LogP contribution in [0.15, 0.2) is 55.2 Å². The lowest BCUT2D eigenvalue weighted by molar-refractivity contribution is -0.138. The maximum absolute atomic E-state index is 11.6. The Balaban J connectivity index is 1.77. The Kier molecular flexibility index (Phi) is 4.51. The van der Waals surface area contributed by atoms with Crippen molar-refractivity contribution < 1.29 is 9.90 Å². The lowest BCUT2D eigenvalue weighted by atomic mass is 9.98. The Morgan fingerprint density at radius 3 is 2.75 bits per heavy atom. The standard InChI is InChI=1S/C17H17N5O2/c18-16-5-4-12(8-20-16)7-14(17(23)24)15-10-22(11-21-15)9-13-3-1-2-6-19-13/h1-6,8,10-11,14H,7,9H2,(H2,18,20)(H,23,24). The number of carboxylic acid groups (broad SMARTS) is 1. The SMILES string of the molecule is Nc1ccc(CC(C(=O)O)c2cn(Cc3ccccn3)cn2)cn1. The van der Waals surface area contributed by atoms with Gasteiger partial charge in [0.1, 0.15) is 11.7 Å². The molecule has 3 aromatic heterocycles. The second-order valence-electron chi connectivity index (χ2n) is 5.48. The Morgan fingerprint density at radius 2 is 2.08 bits per heavy atom. The number of aliphatic carboxylic acids is 1. The molecule has 24 heavy (non-hydrogen) atoms. The molecular formula is C17H17N5O2. The van der Waals surface area contributed by atoms with Gasteiger partial charge in [-0.2, -0.15) is 0 Å². The second-order valence-corrected chi connectivity index (χ2v) is 5.48. The van der Waals surface area contributed by atoms with Crippen molar-refractivity contribution in [3.8, 4) is 0 Å². The van der Waals surface area contributed by atoms with Gasteiger partial charge in [0.2, 0.25) is 0 Å². The van der Waals surface area contributed by atoms with Crippen molar-refractivity contribution in [3.63, 3.8) is 0 Å². The molecule has 1 unspecified atom stereocenters. The van der Waals surface area contributed by atoms with Gasteiger partial charge in [-0.1, -0.05) is 12.1 Å². The van der Waals surface area contributed by atoms with Crippen LogP contribution in [0.25, 0.3) is 0 Å². The summed E-state index contributed by atoms with van der Waals surface area (Å²) in [6.45, 7) is 0.545. The van der Waals surface area contributed by atoms with Crippen molar-refractivity contribution in [2.75, 3.05) is 5.73 Å². The summed E-state index contributed by atoms with van der Waals surface area (Å²) in [5.41, 5.74) is 7.75. The molecule has 0 saturated heterocycles. The van der Waals surface area contributed by atoms with Crippen molar-refractivity contribution in [2.24, 2.45) is 0 Å². The highest BCUT2D eigenvalue weighted by Gasteiger charge is 2.23. The van der Waals surface area contributed by atoms with Crippen LogP contribution in [-0.2, 0) is 17.8 Å². The summed E-state index contributed by atoms with van der Waals surface area (Å²) in [6, 6.07) is 9.11. The minimum atomic E-state index is -0.921. The first-order chi connectivity index (χ1) is 11.6. The van der Waals surface area contributed by atoms with E-state index in [1.165, 1.54) is 0 Å². The van der Waals surface area contributed by atoms with Crippen molar-refractivity contribution in [3.05, 3.63) is 72.2 Å². The molecule has 0 aliphatic heterocycles. The maximum atomic E-state index is 11.6. The van der Waals surface area contributed by atoms with Gasteiger partial charge < -0.3 is 15.4 Å². The van der Waals surface area contributed by atoms with E-state index < -0.39 is 11.9 Å². The van der Waals surface area contributed by atoms with Gasteiger partial charge in [-0.3, -0.25) is 9.78 Å². The first kappa shape index (κ1) is 15.7. The molecule has 0 saturated carbocycles.